The van der Waals surface area contributed by atoms with Crippen molar-refractivity contribution < 1.29 is 15.0 Å². The molecule has 0 aromatic heterocycles. The Morgan fingerprint density at radius 1 is 0.362 bits per heavy atom. The van der Waals surface area contributed by atoms with Crippen LogP contribution in [0.2, 0.25) is 0 Å². The maximum absolute atomic E-state index is 12.4. The molecule has 0 aromatic rings. The largest absolute Gasteiger partial charge is 0.394 e. The van der Waals surface area contributed by atoms with Crippen LogP contribution in [0.25, 0.3) is 0 Å². The topological polar surface area (TPSA) is 69.6 Å². The number of nitrogens with one attached hydrogen (secondary N) is 1. The van der Waals surface area contributed by atoms with Crippen LogP contribution < -0.4 is 5.32 Å². The normalized spacial score (nSPS) is 14.2. The second-order valence-electron chi connectivity index (χ2n) is 17.9. The molecule has 0 bridgehead atoms. The summed E-state index contributed by atoms with van der Waals surface area (Å²) >= 11 is 0. The van der Waals surface area contributed by atoms with E-state index in [1.165, 1.54) is 77.0 Å². The summed E-state index contributed by atoms with van der Waals surface area (Å²) in [7, 11) is 0. The van der Waals surface area contributed by atoms with Crippen molar-refractivity contribution in [2.75, 3.05) is 6.61 Å². The lowest BCUT2D eigenvalue weighted by molar-refractivity contribution is -0.123. The van der Waals surface area contributed by atoms with Crippen LogP contribution in [0.5, 0.6) is 0 Å². The molecule has 2 unspecified atom stereocenters. The molecule has 69 heavy (non-hydrogen) atoms. The zero-order chi connectivity index (χ0) is 49.9. The number of hydrogen-bond acceptors (Lipinski definition) is 3. The Bertz CT molecular complexity index is 1540. The van der Waals surface area contributed by atoms with Crippen LogP contribution in [0.1, 0.15) is 213 Å². The predicted molar refractivity (Wildman–Crippen MR) is 307 cm³/mol. The highest BCUT2D eigenvalue weighted by Crippen LogP contribution is 2.13. The van der Waals surface area contributed by atoms with Gasteiger partial charge in [-0.15, -0.1) is 0 Å². The second kappa shape index (κ2) is 58.1. The Balaban J connectivity index is 3.77. The number of aliphatic hydroxyl groups excluding tert-OH is 2. The molecule has 0 aliphatic heterocycles. The van der Waals surface area contributed by atoms with Gasteiger partial charge in [0.2, 0.25) is 5.91 Å². The van der Waals surface area contributed by atoms with E-state index < -0.39 is 12.1 Å². The standard InChI is InChI=1S/C65H103NO3/c1-3-5-7-9-11-13-15-17-19-21-23-24-25-26-27-28-29-30-31-32-33-34-35-36-37-38-39-40-41-42-43-45-47-49-51-53-55-57-59-61-65(69)66-63(62-67)64(68)60-58-56-54-52-50-48-46-44-22-20-18-16-14-12-10-8-6-4-2/h5,7,11,13,17,19,23-24,26-27,29-30,32-33,35-36,38-39,41-42,45,47,50-53,58,60,63-64,67-68H,3-4,6,8-10,12,14-16,18,20-22,25,28,31,34,37,40,43-44,46,48-49,54-57,59,61-62H2,1-2H3,(H,66,69)/b7-5-,13-11-,19-17-,24-23-,27-26-,30-29-,33-32-,36-35-,39-38-,42-41-,47-45-,52-50+,53-51-,60-58+. The van der Waals surface area contributed by atoms with Crippen LogP contribution in [0, 0.1) is 0 Å². The van der Waals surface area contributed by atoms with E-state index in [9.17, 15) is 15.0 Å². The smallest absolute Gasteiger partial charge is 0.220 e. The van der Waals surface area contributed by atoms with E-state index >= 15 is 0 Å². The SMILES string of the molecule is CC/C=C\C/C=C\C/C=C\C/C=C\C/C=C\C/C=C\C/C=C\C/C=C\C/C=C\C/C=C\C/C=C\C/C=C\CCCCC(=O)NC(CO)C(O)/C=C/CC/C=C/CCCCCCCCCCCCCC. The molecule has 0 aliphatic carbocycles. The molecule has 0 fully saturated rings. The van der Waals surface area contributed by atoms with Crippen LogP contribution in [-0.4, -0.2) is 34.9 Å². The van der Waals surface area contributed by atoms with Crippen LogP contribution in [0.15, 0.2) is 170 Å². The summed E-state index contributed by atoms with van der Waals surface area (Å²) in [6, 6.07) is -0.676. The van der Waals surface area contributed by atoms with Gasteiger partial charge in [0.05, 0.1) is 18.8 Å². The number of rotatable bonds is 48. The Labute approximate surface area is 426 Å². The number of unbranched alkanes of at least 4 members (excludes halogenated alkanes) is 15. The zero-order valence-electron chi connectivity index (χ0n) is 44.3. The fourth-order valence-corrected chi connectivity index (χ4v) is 7.23. The van der Waals surface area contributed by atoms with Gasteiger partial charge in [0.25, 0.3) is 0 Å². The van der Waals surface area contributed by atoms with E-state index in [0.717, 1.165) is 116 Å². The lowest BCUT2D eigenvalue weighted by Crippen LogP contribution is -2.45. The van der Waals surface area contributed by atoms with Gasteiger partial charge in [0, 0.05) is 6.42 Å². The van der Waals surface area contributed by atoms with Gasteiger partial charge in [0.1, 0.15) is 0 Å². The number of aliphatic hydroxyl groups is 2. The first-order chi connectivity index (χ1) is 34.2. The fraction of sp³-hybridized carbons (Fsp3) is 0.554. The van der Waals surface area contributed by atoms with Crippen LogP contribution >= 0.6 is 0 Å². The van der Waals surface area contributed by atoms with Crippen molar-refractivity contribution in [2.45, 2.75) is 225 Å². The molecule has 4 nitrogen and oxygen atoms in total. The van der Waals surface area contributed by atoms with Gasteiger partial charge < -0.3 is 15.5 Å². The first-order valence-corrected chi connectivity index (χ1v) is 27.8. The number of allylic oxidation sites excluding steroid dienone is 27. The summed E-state index contributed by atoms with van der Waals surface area (Å²) in [5, 5.41) is 23.1. The molecule has 0 rings (SSSR count). The molecular weight excluding hydrogens is 843 g/mol. The fourth-order valence-electron chi connectivity index (χ4n) is 7.23. The molecule has 0 radical (unpaired) electrons. The summed E-state index contributed by atoms with van der Waals surface area (Å²) in [6.07, 6.45) is 95.0. The molecule has 0 aliphatic rings. The van der Waals surface area contributed by atoms with Crippen molar-refractivity contribution in [3.8, 4) is 0 Å². The molecular formula is C65H103NO3. The molecule has 0 spiro atoms. The van der Waals surface area contributed by atoms with E-state index in [4.69, 9.17) is 0 Å². The van der Waals surface area contributed by atoms with Crippen molar-refractivity contribution in [3.05, 3.63) is 170 Å². The lowest BCUT2D eigenvalue weighted by atomic mass is 10.0. The van der Waals surface area contributed by atoms with E-state index in [-0.39, 0.29) is 12.5 Å². The Morgan fingerprint density at radius 2 is 0.652 bits per heavy atom. The van der Waals surface area contributed by atoms with Crippen molar-refractivity contribution in [3.63, 3.8) is 0 Å². The van der Waals surface area contributed by atoms with Crippen molar-refractivity contribution >= 4 is 5.91 Å². The summed E-state index contributed by atoms with van der Waals surface area (Å²) in [5.74, 6) is -0.123. The quantitative estimate of drug-likeness (QED) is 0.0420. The van der Waals surface area contributed by atoms with Gasteiger partial charge in [-0.05, 0) is 122 Å². The summed E-state index contributed by atoms with van der Waals surface area (Å²) in [5.41, 5.74) is 0. The van der Waals surface area contributed by atoms with Gasteiger partial charge >= 0.3 is 0 Å². The van der Waals surface area contributed by atoms with Crippen molar-refractivity contribution in [1.29, 1.82) is 0 Å². The van der Waals surface area contributed by atoms with Crippen molar-refractivity contribution in [1.82, 2.24) is 5.32 Å². The van der Waals surface area contributed by atoms with Crippen molar-refractivity contribution in [2.24, 2.45) is 0 Å². The van der Waals surface area contributed by atoms with Gasteiger partial charge in [-0.3, -0.25) is 4.79 Å². The lowest BCUT2D eigenvalue weighted by Gasteiger charge is -2.19. The highest BCUT2D eigenvalue weighted by atomic mass is 16.3. The maximum Gasteiger partial charge on any atom is 0.220 e. The van der Waals surface area contributed by atoms with Gasteiger partial charge in [-0.2, -0.15) is 0 Å². The average Bonchev–Trinajstić information content (AvgIpc) is 3.35. The van der Waals surface area contributed by atoms with Gasteiger partial charge in [-0.1, -0.05) is 255 Å². The number of carbonyl (C=O) groups excluding carboxylic acids is 1. The third kappa shape index (κ3) is 54.6. The Morgan fingerprint density at radius 3 is 1.01 bits per heavy atom. The third-order valence-electron chi connectivity index (χ3n) is 11.4. The first kappa shape index (κ1) is 64.8. The summed E-state index contributed by atoms with van der Waals surface area (Å²) < 4.78 is 0. The molecule has 3 N–H and O–H groups in total. The molecule has 1 amide bonds. The Kier molecular flexibility index (Phi) is 54.5. The maximum atomic E-state index is 12.4. The van der Waals surface area contributed by atoms with Crippen LogP contribution in [0.3, 0.4) is 0 Å². The molecule has 4 heteroatoms. The van der Waals surface area contributed by atoms with Gasteiger partial charge in [0.15, 0.2) is 0 Å². The van der Waals surface area contributed by atoms with Gasteiger partial charge in [-0.25, -0.2) is 0 Å². The number of amides is 1. The van der Waals surface area contributed by atoms with E-state index in [1.54, 1.807) is 6.08 Å². The highest BCUT2D eigenvalue weighted by molar-refractivity contribution is 5.76. The highest BCUT2D eigenvalue weighted by Gasteiger charge is 2.17. The minimum absolute atomic E-state index is 0.123. The van der Waals surface area contributed by atoms with Crippen LogP contribution in [-0.2, 0) is 4.79 Å². The molecule has 0 saturated carbocycles. The summed E-state index contributed by atoms with van der Waals surface area (Å²) in [4.78, 5) is 12.4. The molecule has 386 valence electrons. The van der Waals surface area contributed by atoms with E-state index in [0.29, 0.717) is 6.42 Å². The molecule has 0 saturated heterocycles. The van der Waals surface area contributed by atoms with Crippen LogP contribution in [0.4, 0.5) is 0 Å². The first-order valence-electron chi connectivity index (χ1n) is 27.8. The summed E-state index contributed by atoms with van der Waals surface area (Å²) in [6.45, 7) is 4.15. The molecule has 0 heterocycles. The minimum Gasteiger partial charge on any atom is -0.394 e. The van der Waals surface area contributed by atoms with E-state index in [2.05, 4.69) is 177 Å². The minimum atomic E-state index is -0.893. The molecule has 2 atom stereocenters. The third-order valence-corrected chi connectivity index (χ3v) is 11.4. The second-order valence-corrected chi connectivity index (χ2v) is 17.9. The molecule has 0 aromatic carbocycles. The van der Waals surface area contributed by atoms with E-state index in [1.807, 2.05) is 6.08 Å². The number of carbonyl (C=O) groups is 1. The predicted octanol–water partition coefficient (Wildman–Crippen LogP) is 18.7. The average molecular weight is 947 g/mol. The monoisotopic (exact) mass is 946 g/mol. The Hall–Kier alpha value is -4.25. The zero-order valence-corrected chi connectivity index (χ0v) is 44.3. The number of hydrogen-bond donors (Lipinski definition) is 3.